The third kappa shape index (κ3) is 14.6. The summed E-state index contributed by atoms with van der Waals surface area (Å²) >= 11 is 0. The minimum Gasteiger partial charge on any atom is -0.264 e. The van der Waals surface area contributed by atoms with Gasteiger partial charge >= 0.3 is 0 Å². The van der Waals surface area contributed by atoms with Gasteiger partial charge in [-0.3, -0.25) is 24.9 Å². The third-order valence-electron chi connectivity index (χ3n) is 21.5. The number of aromatic nitrogens is 15. The van der Waals surface area contributed by atoms with E-state index >= 15 is 0 Å². The molecule has 10 heterocycles. The highest BCUT2D eigenvalue weighted by atomic mass is 15.2. The molecule has 554 valence electrons. The van der Waals surface area contributed by atoms with Crippen LogP contribution in [0.15, 0.2) is 239 Å². The normalized spacial score (nSPS) is 12.9. The Morgan fingerprint density at radius 1 is 0.336 bits per heavy atom. The van der Waals surface area contributed by atoms with Crippen molar-refractivity contribution in [3.63, 3.8) is 0 Å². The fourth-order valence-corrected chi connectivity index (χ4v) is 15.7. The number of hydrogen-bond acceptors (Lipinski definition) is 5. The summed E-state index contributed by atoms with van der Waals surface area (Å²) in [6.07, 6.45) is 34.7. The topological polar surface area (TPSA) is 108 Å². The Kier molecular flexibility index (Phi) is 18.7. The van der Waals surface area contributed by atoms with Gasteiger partial charge in [0.05, 0.1) is 84.2 Å². The first-order chi connectivity index (χ1) is 56.5. The largest absolute Gasteiger partial charge is 0.294 e. The molecule has 0 N–H and O–H groups in total. The molecule has 110 heavy (non-hydrogen) atoms. The molecule has 0 unspecified atom stereocenters. The Morgan fingerprint density at radius 2 is 0.700 bits per heavy atom. The zero-order valence-corrected chi connectivity index (χ0v) is 66.4. The second kappa shape index (κ2) is 31.8. The van der Waals surface area contributed by atoms with Crippen molar-refractivity contribution in [2.24, 2.45) is 56.4 Å². The van der Waals surface area contributed by atoms with Crippen molar-refractivity contribution < 1.29 is 35.2 Å². The number of benzene rings is 7. The first-order valence-corrected chi connectivity index (χ1v) is 37.2. The molecular weight excluding hydrogens is 1350 g/mol. The summed E-state index contributed by atoms with van der Waals surface area (Å²) < 4.78 is 92.0. The molecule has 17 aromatic rings. The van der Waals surface area contributed by atoms with Gasteiger partial charge in [-0.15, -0.1) is 0 Å². The molecule has 0 fully saturated rings. The molecule has 0 spiro atoms. The van der Waals surface area contributed by atoms with Crippen LogP contribution in [0.4, 0.5) is 0 Å². The van der Waals surface area contributed by atoms with E-state index in [0.717, 1.165) is 55.3 Å². The molecule has 0 aliphatic heterocycles. The number of hydrogen-bond donors (Lipinski definition) is 0. The van der Waals surface area contributed by atoms with Crippen molar-refractivity contribution in [3.8, 4) is 68.3 Å². The van der Waals surface area contributed by atoms with Crippen LogP contribution >= 0.6 is 0 Å². The predicted octanol–water partition coefficient (Wildman–Crippen LogP) is 18.3. The number of aryl methyl sites for hydroxylation is 16. The molecule has 10 aromatic heterocycles. The van der Waals surface area contributed by atoms with Gasteiger partial charge in [0.25, 0.3) is 29.1 Å². The van der Waals surface area contributed by atoms with Crippen molar-refractivity contribution in [1.29, 1.82) is 0 Å². The van der Waals surface area contributed by atoms with Gasteiger partial charge in [-0.1, -0.05) is 94.4 Å². The molecular formula is C95H104N15+5. The molecule has 17 rings (SSSR count). The molecule has 0 aliphatic carbocycles. The van der Waals surface area contributed by atoms with Crippen LogP contribution in [0.5, 0.6) is 0 Å². The molecule has 0 saturated carbocycles. The highest BCUT2D eigenvalue weighted by molar-refractivity contribution is 5.94. The van der Waals surface area contributed by atoms with Crippen LogP contribution in [0, 0.1) is 62.1 Å². The molecule has 0 atom stereocenters. The average Bonchev–Trinajstić information content (AvgIpc) is 1.67. The Morgan fingerprint density at radius 3 is 1.12 bits per heavy atom. The predicted molar refractivity (Wildman–Crippen MR) is 448 cm³/mol. The van der Waals surface area contributed by atoms with Crippen molar-refractivity contribution in [1.82, 2.24) is 47.8 Å². The molecule has 15 nitrogen and oxygen atoms in total. The summed E-state index contributed by atoms with van der Waals surface area (Å²) in [5.41, 5.74) is 17.0. The van der Waals surface area contributed by atoms with E-state index in [9.17, 15) is 0 Å². The zero-order valence-electron chi connectivity index (χ0n) is 75.4. The first kappa shape index (κ1) is 64.8. The minimum absolute atomic E-state index is 0.00863. The Bertz CT molecular complexity index is 6440. The van der Waals surface area contributed by atoms with E-state index in [1.54, 1.807) is 41.0 Å². The number of para-hydroxylation sites is 2. The number of pyridine rings is 5. The monoisotopic (exact) mass is 1460 g/mol. The van der Waals surface area contributed by atoms with Crippen molar-refractivity contribution in [2.75, 3.05) is 0 Å². The van der Waals surface area contributed by atoms with Gasteiger partial charge in [-0.2, -0.15) is 9.13 Å². The Hall–Kier alpha value is -12.4. The standard InChI is InChI=1S/C26H30N3.C23H24N3.C16H18N3.2C15H16N3/c1-17(2)21-8-7-9-22(18(3)4)25(21)29-15-14-28(6)26(29)23-11-10-20-12-13-27-16-24(20)19(23)5;1-15-7-6-8-16(2)22(15)26-17(3)14-25(5)23(26)21-10-9-19-13-24-12-11-20(19)18(21)4;1-11-10-18(3)16(19(11)4)15-6-5-13-9-17-8-7-14(13)12(15)2;1-11-13-6-7-16-10-12(13)4-5-14(11)15-17(2)8-9-18(15)3;1-11-13(15-17(2)8-9-18(15)3)5-4-12-6-7-16-10-14(11)12/h7-18H,1-6H3;6-14H,1-5H3;5-10H,1-4H3;2*4-10H,1-3H3/q5*+1/i;1D3,2D3;1D3;;. The second-order valence-corrected chi connectivity index (χ2v) is 29.3. The quantitative estimate of drug-likeness (QED) is 0.134. The SMILES string of the molecule is Cc1c(-c2n(-c3c(C(C)C)cccc3C(C)C)cc[n+]2C)ccc2ccncc12.Cc1c(-c2n(C)cc[n+]2C)ccc2ccncc12.Cc1c(-c2n(C)cc[n+]2C)ccc2cnccc12.[2H]C([2H])([2H])c1c[n+](C)c(-c2ccc3cnccc3c2C)n1C.[2H]C([2H])([2H])c1cccc(C([2H])([2H])[2H])c1-n1c(C)c[n+](C)c1-c1ccc2cnccc2c1C. The Labute approximate surface area is 660 Å². The van der Waals surface area contributed by atoms with Crippen LogP contribution < -0.4 is 22.8 Å². The summed E-state index contributed by atoms with van der Waals surface area (Å²) in [5.74, 6) is 6.10. The van der Waals surface area contributed by atoms with Gasteiger partial charge in [0, 0.05) is 126 Å². The van der Waals surface area contributed by atoms with Gasteiger partial charge in [-0.05, 0) is 187 Å². The van der Waals surface area contributed by atoms with Crippen molar-refractivity contribution >= 4 is 53.9 Å². The van der Waals surface area contributed by atoms with E-state index < -0.39 is 20.6 Å². The summed E-state index contributed by atoms with van der Waals surface area (Å²) in [6.45, 7) is 14.5. The second-order valence-electron chi connectivity index (χ2n) is 29.3. The fourth-order valence-electron chi connectivity index (χ4n) is 15.7. The summed E-state index contributed by atoms with van der Waals surface area (Å²) in [7, 11) is 16.0. The molecule has 0 bridgehead atoms. The van der Waals surface area contributed by atoms with E-state index in [1.807, 2.05) is 123 Å². The van der Waals surface area contributed by atoms with E-state index in [0.29, 0.717) is 23.4 Å². The maximum absolute atomic E-state index is 8.09. The van der Waals surface area contributed by atoms with Gasteiger partial charge in [0.15, 0.2) is 0 Å². The number of rotatable bonds is 9. The van der Waals surface area contributed by atoms with Crippen molar-refractivity contribution in [3.05, 3.63) is 300 Å². The van der Waals surface area contributed by atoms with Gasteiger partial charge in [-0.25, -0.2) is 36.5 Å². The first-order valence-electron chi connectivity index (χ1n) is 41.7. The van der Waals surface area contributed by atoms with Crippen LogP contribution in [0.2, 0.25) is 0 Å². The minimum atomic E-state index is -2.48. The van der Waals surface area contributed by atoms with Crippen molar-refractivity contribution in [2.45, 2.75) is 102 Å². The van der Waals surface area contributed by atoms with Crippen LogP contribution in [-0.2, 0) is 56.4 Å². The smallest absolute Gasteiger partial charge is 0.264 e. The van der Waals surface area contributed by atoms with E-state index in [-0.39, 0.29) is 16.8 Å². The van der Waals surface area contributed by atoms with Gasteiger partial charge in [0.1, 0.15) is 72.3 Å². The van der Waals surface area contributed by atoms with E-state index in [2.05, 4.69) is 253 Å². The zero-order chi connectivity index (χ0) is 85.6. The van der Waals surface area contributed by atoms with Crippen LogP contribution in [0.25, 0.3) is 122 Å². The fraction of sp³-hybridized carbons (Fsp3) is 0.242. The summed E-state index contributed by atoms with van der Waals surface area (Å²) in [5, 5.41) is 11.6. The number of fused-ring (bicyclic) bond motifs is 5. The highest BCUT2D eigenvalue weighted by Crippen LogP contribution is 2.38. The maximum Gasteiger partial charge on any atom is 0.294 e. The van der Waals surface area contributed by atoms with Crippen LogP contribution in [0.3, 0.4) is 0 Å². The lowest BCUT2D eigenvalue weighted by Gasteiger charge is -2.18. The number of nitrogens with zero attached hydrogens (tertiary/aromatic N) is 15. The lowest BCUT2D eigenvalue weighted by Crippen LogP contribution is -2.29. The van der Waals surface area contributed by atoms with Gasteiger partial charge in [0.2, 0.25) is 0 Å². The molecule has 0 saturated heterocycles. The highest BCUT2D eigenvalue weighted by Gasteiger charge is 2.30. The number of imidazole rings is 5. The molecule has 7 aromatic carbocycles. The van der Waals surface area contributed by atoms with Crippen LogP contribution in [-0.4, -0.2) is 47.8 Å². The summed E-state index contributed by atoms with van der Waals surface area (Å²) in [6, 6.07) is 42.4. The maximum atomic E-state index is 8.09. The lowest BCUT2D eigenvalue weighted by molar-refractivity contribution is -0.659. The lowest BCUT2D eigenvalue weighted by atomic mass is 9.92. The third-order valence-corrected chi connectivity index (χ3v) is 21.5. The Balaban J connectivity index is 0.000000131. The average molecular weight is 1470 g/mol. The summed E-state index contributed by atoms with van der Waals surface area (Å²) in [4.78, 5) is 21.1. The molecule has 15 heteroatoms. The van der Waals surface area contributed by atoms with E-state index in [4.69, 9.17) is 12.3 Å². The molecule has 0 radical (unpaired) electrons. The van der Waals surface area contributed by atoms with Crippen LogP contribution in [0.1, 0.15) is 113 Å². The van der Waals surface area contributed by atoms with Gasteiger partial charge < -0.3 is 0 Å². The molecule has 0 aliphatic rings. The molecule has 0 amide bonds. The van der Waals surface area contributed by atoms with E-state index in [1.165, 1.54) is 118 Å².